The predicted octanol–water partition coefficient (Wildman–Crippen LogP) is 1.67. The molecule has 0 aliphatic carbocycles. The highest BCUT2D eigenvalue weighted by Gasteiger charge is 2.19. The second kappa shape index (κ2) is 8.49. The third-order valence-corrected chi connectivity index (χ3v) is 6.07. The zero-order valence-corrected chi connectivity index (χ0v) is 16.8. The number of rotatable bonds is 7. The minimum Gasteiger partial charge on any atom is -0.348 e. The smallest absolute Gasteiger partial charge is 0.251 e. The van der Waals surface area contributed by atoms with E-state index in [4.69, 9.17) is 0 Å². The number of hydrogen-bond acceptors (Lipinski definition) is 4. The number of benzene rings is 1. The lowest BCUT2D eigenvalue weighted by molar-refractivity contribution is -0.122. The molecule has 1 amide bonds. The van der Waals surface area contributed by atoms with Gasteiger partial charge in [0.2, 0.25) is 15.9 Å². The molecule has 1 aromatic heterocycles. The summed E-state index contributed by atoms with van der Waals surface area (Å²) in [5.41, 5.74) is 1.67. The molecule has 146 valence electrons. The fourth-order valence-electron chi connectivity index (χ4n) is 2.61. The van der Waals surface area contributed by atoms with Crippen LogP contribution in [0.15, 0.2) is 52.3 Å². The van der Waals surface area contributed by atoms with E-state index in [2.05, 4.69) is 5.32 Å². The molecule has 8 heteroatoms. The summed E-state index contributed by atoms with van der Waals surface area (Å²) in [7, 11) is -0.870. The van der Waals surface area contributed by atoms with E-state index in [1.165, 1.54) is 26.4 Å². The Morgan fingerprint density at radius 1 is 1.15 bits per heavy atom. The lowest BCUT2D eigenvalue weighted by Gasteiger charge is -2.18. The van der Waals surface area contributed by atoms with Crippen molar-refractivity contribution in [2.45, 2.75) is 37.8 Å². The van der Waals surface area contributed by atoms with E-state index < -0.39 is 15.6 Å². The van der Waals surface area contributed by atoms with Crippen LogP contribution in [0.25, 0.3) is 0 Å². The van der Waals surface area contributed by atoms with Gasteiger partial charge >= 0.3 is 0 Å². The Kier molecular flexibility index (Phi) is 6.56. The summed E-state index contributed by atoms with van der Waals surface area (Å²) in [4.78, 5) is 24.4. The molecule has 0 spiro atoms. The number of pyridine rings is 1. The fraction of sp³-hybridized carbons (Fsp3) is 0.368. The predicted molar refractivity (Wildman–Crippen MR) is 104 cm³/mol. The molecule has 0 aliphatic rings. The highest BCUT2D eigenvalue weighted by molar-refractivity contribution is 7.89. The Bertz CT molecular complexity index is 963. The summed E-state index contributed by atoms with van der Waals surface area (Å²) < 4.78 is 26.6. The van der Waals surface area contributed by atoms with E-state index in [0.29, 0.717) is 6.42 Å². The van der Waals surface area contributed by atoms with Crippen LogP contribution in [0.5, 0.6) is 0 Å². The molecule has 2 rings (SSSR count). The van der Waals surface area contributed by atoms with Crippen LogP contribution in [0.3, 0.4) is 0 Å². The Labute approximate surface area is 159 Å². The molecule has 1 atom stereocenters. The molecule has 2 aromatic rings. The van der Waals surface area contributed by atoms with Gasteiger partial charge in [0, 0.05) is 26.4 Å². The van der Waals surface area contributed by atoms with Gasteiger partial charge in [-0.2, -0.15) is 0 Å². The Hall–Kier alpha value is -2.45. The number of carbonyl (C=O) groups is 1. The van der Waals surface area contributed by atoms with Crippen molar-refractivity contribution in [3.63, 3.8) is 0 Å². The highest BCUT2D eigenvalue weighted by atomic mass is 32.2. The normalized spacial score (nSPS) is 12.8. The number of hydrogen-bond donors (Lipinski definition) is 1. The molecule has 0 saturated heterocycles. The van der Waals surface area contributed by atoms with E-state index in [0.717, 1.165) is 26.1 Å². The van der Waals surface area contributed by atoms with Gasteiger partial charge in [0.05, 0.1) is 10.9 Å². The topological polar surface area (TPSA) is 88.5 Å². The van der Waals surface area contributed by atoms with Crippen molar-refractivity contribution in [3.05, 3.63) is 64.1 Å². The average Bonchev–Trinajstić information content (AvgIpc) is 2.62. The minimum atomic E-state index is -3.68. The fourth-order valence-corrected chi connectivity index (χ4v) is 3.53. The second-order valence-corrected chi connectivity index (χ2v) is 8.71. The van der Waals surface area contributed by atoms with Crippen LogP contribution in [-0.2, 0) is 21.4 Å². The maximum atomic E-state index is 12.4. The van der Waals surface area contributed by atoms with Gasteiger partial charge in [0.25, 0.3) is 5.56 Å². The van der Waals surface area contributed by atoms with Gasteiger partial charge in [0.15, 0.2) is 0 Å². The Balaban J connectivity index is 2.19. The summed E-state index contributed by atoms with van der Waals surface area (Å²) in [5.74, 6) is -0.357. The molecule has 0 fully saturated rings. The average molecular weight is 391 g/mol. The molecular weight excluding hydrogens is 366 g/mol. The van der Waals surface area contributed by atoms with Crippen LogP contribution in [0.2, 0.25) is 0 Å². The van der Waals surface area contributed by atoms with Crippen molar-refractivity contribution in [3.8, 4) is 0 Å². The number of sulfonamides is 1. The summed E-state index contributed by atoms with van der Waals surface area (Å²) in [6, 6.07) is 10.1. The van der Waals surface area contributed by atoms with Crippen molar-refractivity contribution in [2.24, 2.45) is 0 Å². The Morgan fingerprint density at radius 2 is 1.78 bits per heavy atom. The maximum absolute atomic E-state index is 12.4. The van der Waals surface area contributed by atoms with Gasteiger partial charge in [0.1, 0.15) is 6.54 Å². The molecule has 27 heavy (non-hydrogen) atoms. The highest BCUT2D eigenvalue weighted by Crippen LogP contribution is 2.17. The molecule has 0 saturated carbocycles. The lowest BCUT2D eigenvalue weighted by Crippen LogP contribution is -2.35. The van der Waals surface area contributed by atoms with Gasteiger partial charge in [-0.3, -0.25) is 9.59 Å². The quantitative estimate of drug-likeness (QED) is 0.778. The summed E-state index contributed by atoms with van der Waals surface area (Å²) in [6.07, 6.45) is 1.89. The molecule has 0 aliphatic heterocycles. The molecule has 0 radical (unpaired) electrons. The van der Waals surface area contributed by atoms with E-state index in [1.807, 2.05) is 38.1 Å². The van der Waals surface area contributed by atoms with Crippen LogP contribution >= 0.6 is 0 Å². The van der Waals surface area contributed by atoms with Crippen molar-refractivity contribution in [1.29, 1.82) is 0 Å². The summed E-state index contributed by atoms with van der Waals surface area (Å²) >= 11 is 0. The molecule has 0 unspecified atom stereocenters. The first-order valence-electron chi connectivity index (χ1n) is 8.64. The van der Waals surface area contributed by atoms with Gasteiger partial charge in [-0.25, -0.2) is 12.7 Å². The van der Waals surface area contributed by atoms with Crippen molar-refractivity contribution < 1.29 is 13.2 Å². The zero-order chi connectivity index (χ0) is 20.2. The van der Waals surface area contributed by atoms with Crippen molar-refractivity contribution in [2.75, 3.05) is 14.1 Å². The first-order chi connectivity index (χ1) is 12.6. The number of nitrogens with one attached hydrogen (secondary N) is 1. The van der Waals surface area contributed by atoms with Gasteiger partial charge in [-0.15, -0.1) is 0 Å². The molecule has 1 heterocycles. The second-order valence-electron chi connectivity index (χ2n) is 6.56. The van der Waals surface area contributed by atoms with E-state index in [-0.39, 0.29) is 23.4 Å². The van der Waals surface area contributed by atoms with Crippen LogP contribution in [0.1, 0.15) is 30.5 Å². The number of aromatic nitrogens is 1. The molecule has 1 N–H and O–H groups in total. The SMILES string of the molecule is CC[C@@H](NC(=O)Cn1cc(S(=O)(=O)N(C)C)ccc1=O)c1ccc(C)cc1. The van der Waals surface area contributed by atoms with Crippen LogP contribution < -0.4 is 10.9 Å². The zero-order valence-electron chi connectivity index (χ0n) is 16.0. The third kappa shape index (κ3) is 5.05. The monoisotopic (exact) mass is 391 g/mol. The summed E-state index contributed by atoms with van der Waals surface area (Å²) in [5, 5.41) is 2.90. The number of carbonyl (C=O) groups excluding carboxylic acids is 1. The largest absolute Gasteiger partial charge is 0.348 e. The molecular formula is C19H25N3O4S. The number of nitrogens with zero attached hydrogens (tertiary/aromatic N) is 2. The molecule has 1 aromatic carbocycles. The van der Waals surface area contributed by atoms with Crippen LogP contribution in [-0.4, -0.2) is 37.3 Å². The van der Waals surface area contributed by atoms with E-state index in [1.54, 1.807) is 0 Å². The van der Waals surface area contributed by atoms with Gasteiger partial charge in [-0.05, 0) is 25.0 Å². The van der Waals surface area contributed by atoms with Crippen LogP contribution in [0.4, 0.5) is 0 Å². The third-order valence-electron chi connectivity index (χ3n) is 4.27. The van der Waals surface area contributed by atoms with Crippen LogP contribution in [0, 0.1) is 6.92 Å². The lowest BCUT2D eigenvalue weighted by atomic mass is 10.0. The standard InChI is InChI=1S/C19H25N3O4S/c1-5-17(15-8-6-14(2)7-9-15)20-18(23)13-22-12-16(10-11-19(22)24)27(25,26)21(3)4/h6-12,17H,5,13H2,1-4H3,(H,20,23)/t17-/m1/s1. The van der Waals surface area contributed by atoms with Crippen molar-refractivity contribution >= 4 is 15.9 Å². The van der Waals surface area contributed by atoms with Gasteiger partial charge in [-0.1, -0.05) is 36.8 Å². The number of aryl methyl sites for hydroxylation is 1. The van der Waals surface area contributed by atoms with E-state index >= 15 is 0 Å². The van der Waals surface area contributed by atoms with Crippen molar-refractivity contribution in [1.82, 2.24) is 14.2 Å². The van der Waals surface area contributed by atoms with Gasteiger partial charge < -0.3 is 9.88 Å². The Morgan fingerprint density at radius 3 is 2.33 bits per heavy atom. The minimum absolute atomic E-state index is 0.0366. The molecule has 7 nitrogen and oxygen atoms in total. The first-order valence-corrected chi connectivity index (χ1v) is 10.1. The summed E-state index contributed by atoms with van der Waals surface area (Å²) in [6.45, 7) is 3.70. The molecule has 0 bridgehead atoms. The maximum Gasteiger partial charge on any atom is 0.251 e. The first kappa shape index (κ1) is 20.9. The number of amides is 1. The van der Waals surface area contributed by atoms with E-state index in [9.17, 15) is 18.0 Å².